The van der Waals surface area contributed by atoms with Gasteiger partial charge in [-0.25, -0.2) is 9.97 Å². The number of aryl methyl sites for hydroxylation is 1. The predicted molar refractivity (Wildman–Crippen MR) is 178 cm³/mol. The monoisotopic (exact) mass is 601 g/mol. The van der Waals surface area contributed by atoms with Crippen molar-refractivity contribution in [3.05, 3.63) is 47.7 Å². The molecular weight excluding hydrogens is 550 g/mol. The molecule has 0 atom stereocenters. The van der Waals surface area contributed by atoms with E-state index in [2.05, 4.69) is 28.6 Å². The number of pyridine rings is 1. The van der Waals surface area contributed by atoms with E-state index >= 15 is 0 Å². The van der Waals surface area contributed by atoms with Crippen LogP contribution in [0.2, 0.25) is 0 Å². The molecule has 1 N–H and O–H groups in total. The van der Waals surface area contributed by atoms with E-state index in [4.69, 9.17) is 9.97 Å². The van der Waals surface area contributed by atoms with Crippen LogP contribution in [0.1, 0.15) is 105 Å². The van der Waals surface area contributed by atoms with Gasteiger partial charge >= 0.3 is 0 Å². The number of rotatable bonds is 14. The molecule has 0 bridgehead atoms. The van der Waals surface area contributed by atoms with Crippen molar-refractivity contribution in [3.63, 3.8) is 0 Å². The fourth-order valence-electron chi connectivity index (χ4n) is 6.34. The number of imidazole rings is 1. The molecule has 2 aromatic heterocycles. The van der Waals surface area contributed by atoms with E-state index in [1.807, 2.05) is 46.2 Å². The van der Waals surface area contributed by atoms with Crippen LogP contribution >= 0.6 is 0 Å². The number of piperidine rings is 2. The maximum Gasteiger partial charge on any atom is 0.272 e. The second-order valence-corrected chi connectivity index (χ2v) is 12.4. The molecule has 0 unspecified atom stereocenters. The number of hydrogen-bond donors (Lipinski definition) is 1. The number of carbonyl (C=O) groups excluding carboxylic acids is 2. The SMILES string of the molecule is CCCCN(CCCC)C(=O)c1ccc2nc(Nc3ccc(C(=O)N4CCCCC4)cc3)n(CCCN3CCCCC3)c2n1. The van der Waals surface area contributed by atoms with Gasteiger partial charge in [-0.1, -0.05) is 33.1 Å². The minimum Gasteiger partial charge on any atom is -0.339 e. The summed E-state index contributed by atoms with van der Waals surface area (Å²) in [6.45, 7) is 11.6. The summed E-state index contributed by atoms with van der Waals surface area (Å²) in [6, 6.07) is 11.5. The van der Waals surface area contributed by atoms with Crippen molar-refractivity contribution in [2.24, 2.45) is 0 Å². The van der Waals surface area contributed by atoms with E-state index in [-0.39, 0.29) is 11.8 Å². The van der Waals surface area contributed by atoms with Crippen LogP contribution in [0.15, 0.2) is 36.4 Å². The van der Waals surface area contributed by atoms with Crippen LogP contribution in [-0.4, -0.2) is 86.9 Å². The topological polar surface area (TPSA) is 86.6 Å². The number of benzene rings is 1. The Kier molecular flexibility index (Phi) is 11.6. The van der Waals surface area contributed by atoms with Crippen molar-refractivity contribution in [1.82, 2.24) is 29.2 Å². The Morgan fingerprint density at radius 1 is 0.773 bits per heavy atom. The van der Waals surface area contributed by atoms with Crippen molar-refractivity contribution in [1.29, 1.82) is 0 Å². The molecule has 2 amide bonds. The first kappa shape index (κ1) is 31.9. The van der Waals surface area contributed by atoms with E-state index in [0.717, 1.165) is 101 Å². The molecule has 238 valence electrons. The first-order valence-electron chi connectivity index (χ1n) is 17.1. The second kappa shape index (κ2) is 16.0. The highest BCUT2D eigenvalue weighted by Gasteiger charge is 2.21. The number of nitrogens with one attached hydrogen (secondary N) is 1. The largest absolute Gasteiger partial charge is 0.339 e. The number of likely N-dealkylation sites (tertiary alicyclic amines) is 2. The average Bonchev–Trinajstić information content (AvgIpc) is 3.41. The molecule has 5 rings (SSSR count). The van der Waals surface area contributed by atoms with E-state index in [0.29, 0.717) is 17.2 Å². The van der Waals surface area contributed by atoms with Gasteiger partial charge in [0.25, 0.3) is 11.8 Å². The summed E-state index contributed by atoms with van der Waals surface area (Å²) in [4.78, 5) is 42.9. The lowest BCUT2D eigenvalue weighted by Crippen LogP contribution is -2.35. The number of carbonyl (C=O) groups is 2. The second-order valence-electron chi connectivity index (χ2n) is 12.4. The number of hydrogen-bond acceptors (Lipinski definition) is 6. The molecule has 3 aromatic rings. The van der Waals surface area contributed by atoms with Crippen molar-refractivity contribution in [3.8, 4) is 0 Å². The standard InChI is InChI=1S/C35H51N7O2/c1-3-5-23-41(24-6-4-2)34(44)31-19-18-30-32(37-31)42(27-13-22-39-20-9-7-10-21-39)35(38-30)36-29-16-14-28(15-17-29)33(43)40-25-11-8-12-26-40/h14-19H,3-13,20-27H2,1-2H3,(H,36,38). The molecule has 2 fully saturated rings. The number of unbranched alkanes of at least 4 members (excludes halogenated alkanes) is 2. The zero-order valence-electron chi connectivity index (χ0n) is 26.9. The highest BCUT2D eigenvalue weighted by molar-refractivity contribution is 5.95. The van der Waals surface area contributed by atoms with Crippen LogP contribution in [0.4, 0.5) is 11.6 Å². The van der Waals surface area contributed by atoms with Crippen molar-refractivity contribution < 1.29 is 9.59 Å². The van der Waals surface area contributed by atoms with Crippen LogP contribution in [0.5, 0.6) is 0 Å². The molecule has 9 nitrogen and oxygen atoms in total. The van der Waals surface area contributed by atoms with Crippen molar-refractivity contribution >= 4 is 34.6 Å². The maximum absolute atomic E-state index is 13.6. The third kappa shape index (κ3) is 8.17. The molecule has 4 heterocycles. The summed E-state index contributed by atoms with van der Waals surface area (Å²) in [5.74, 6) is 0.813. The molecule has 0 spiro atoms. The van der Waals surface area contributed by atoms with Crippen LogP contribution in [0.3, 0.4) is 0 Å². The lowest BCUT2D eigenvalue weighted by atomic mass is 10.1. The maximum atomic E-state index is 13.6. The highest BCUT2D eigenvalue weighted by Crippen LogP contribution is 2.24. The van der Waals surface area contributed by atoms with Gasteiger partial charge in [0.1, 0.15) is 11.2 Å². The van der Waals surface area contributed by atoms with Gasteiger partial charge in [-0.3, -0.25) is 14.2 Å². The smallest absolute Gasteiger partial charge is 0.272 e. The minimum atomic E-state index is -0.00154. The molecule has 9 heteroatoms. The zero-order valence-corrected chi connectivity index (χ0v) is 26.9. The van der Waals surface area contributed by atoms with Gasteiger partial charge in [0.15, 0.2) is 5.65 Å². The van der Waals surface area contributed by atoms with E-state index in [1.165, 1.54) is 38.8 Å². The first-order chi connectivity index (χ1) is 21.6. The van der Waals surface area contributed by atoms with Gasteiger partial charge in [0.05, 0.1) is 0 Å². The van der Waals surface area contributed by atoms with Gasteiger partial charge in [0.2, 0.25) is 5.95 Å². The number of aromatic nitrogens is 3. The molecule has 0 radical (unpaired) electrons. The van der Waals surface area contributed by atoms with Crippen LogP contribution in [0, 0.1) is 0 Å². The highest BCUT2D eigenvalue weighted by atomic mass is 16.2. The molecule has 44 heavy (non-hydrogen) atoms. The molecule has 0 aliphatic carbocycles. The number of nitrogens with zero attached hydrogens (tertiary/aromatic N) is 6. The summed E-state index contributed by atoms with van der Waals surface area (Å²) >= 11 is 0. The fourth-order valence-corrected chi connectivity index (χ4v) is 6.34. The van der Waals surface area contributed by atoms with E-state index in [1.54, 1.807) is 0 Å². The number of amides is 2. The Bertz CT molecular complexity index is 1350. The quantitative estimate of drug-likeness (QED) is 0.221. The van der Waals surface area contributed by atoms with Crippen molar-refractivity contribution in [2.75, 3.05) is 51.1 Å². The lowest BCUT2D eigenvalue weighted by Gasteiger charge is -2.26. The van der Waals surface area contributed by atoms with Crippen molar-refractivity contribution in [2.45, 2.75) is 91.0 Å². The van der Waals surface area contributed by atoms with Gasteiger partial charge in [0, 0.05) is 44.0 Å². The van der Waals surface area contributed by atoms with E-state index in [9.17, 15) is 9.59 Å². The Morgan fingerprint density at radius 3 is 2.09 bits per heavy atom. The van der Waals surface area contributed by atoms with Gasteiger partial charge < -0.3 is 20.0 Å². The Labute approximate surface area is 263 Å². The molecule has 0 saturated carbocycles. The summed E-state index contributed by atoms with van der Waals surface area (Å²) in [5, 5.41) is 3.50. The summed E-state index contributed by atoms with van der Waals surface area (Å²) < 4.78 is 2.13. The molecular formula is C35H51N7O2. The molecule has 1 aromatic carbocycles. The average molecular weight is 602 g/mol. The molecule has 2 aliphatic heterocycles. The van der Waals surface area contributed by atoms with Gasteiger partial charge in [-0.05, 0) is 107 Å². The van der Waals surface area contributed by atoms with Gasteiger partial charge in [-0.15, -0.1) is 0 Å². The summed E-state index contributed by atoms with van der Waals surface area (Å²) in [6.07, 6.45) is 12.3. The third-order valence-electron chi connectivity index (χ3n) is 9.00. The molecule has 2 saturated heterocycles. The molecule has 2 aliphatic rings. The summed E-state index contributed by atoms with van der Waals surface area (Å²) in [7, 11) is 0. The Morgan fingerprint density at radius 2 is 1.43 bits per heavy atom. The number of fused-ring (bicyclic) bond motifs is 1. The van der Waals surface area contributed by atoms with Gasteiger partial charge in [-0.2, -0.15) is 0 Å². The fraction of sp³-hybridized carbons (Fsp3) is 0.600. The minimum absolute atomic E-state index is 0.00154. The van der Waals surface area contributed by atoms with E-state index < -0.39 is 0 Å². The Balaban J connectivity index is 1.38. The van der Waals surface area contributed by atoms with Crippen LogP contribution in [0.25, 0.3) is 11.2 Å². The van der Waals surface area contributed by atoms with Crippen LogP contribution < -0.4 is 5.32 Å². The van der Waals surface area contributed by atoms with Crippen LogP contribution in [-0.2, 0) is 6.54 Å². The predicted octanol–water partition coefficient (Wildman–Crippen LogP) is 6.72. The lowest BCUT2D eigenvalue weighted by molar-refractivity contribution is 0.0722. The third-order valence-corrected chi connectivity index (χ3v) is 9.00. The Hall–Kier alpha value is -3.46. The normalized spacial score (nSPS) is 15.9. The first-order valence-corrected chi connectivity index (χ1v) is 17.1. The number of anilines is 2. The zero-order chi connectivity index (χ0) is 30.7. The summed E-state index contributed by atoms with van der Waals surface area (Å²) in [5.41, 5.74) is 3.57.